The molecule has 0 aliphatic carbocycles. The first-order chi connectivity index (χ1) is 8.39. The highest BCUT2D eigenvalue weighted by Crippen LogP contribution is 2.32. The highest BCUT2D eigenvalue weighted by molar-refractivity contribution is 4.78. The smallest absolute Gasteiger partial charge is 0.316 e. The maximum atomic E-state index is 12.6. The first kappa shape index (κ1) is 15.8. The fraction of sp³-hybridized carbons (Fsp3) is 1.00. The van der Waals surface area contributed by atoms with E-state index in [1.807, 2.05) is 4.90 Å². The molecule has 0 amide bonds. The second-order valence-corrected chi connectivity index (χ2v) is 5.63. The first-order valence-electron chi connectivity index (χ1n) is 6.89. The summed E-state index contributed by atoms with van der Waals surface area (Å²) in [6.07, 6.45) is -2.12. The Morgan fingerprint density at radius 2 is 2.06 bits per heavy atom. The predicted octanol–water partition coefficient (Wildman–Crippen LogP) is 2.90. The third-order valence-corrected chi connectivity index (χ3v) is 3.35. The molecule has 2 nitrogen and oxygen atoms in total. The lowest BCUT2D eigenvalue weighted by Crippen LogP contribution is -2.42. The van der Waals surface area contributed by atoms with Crippen molar-refractivity contribution in [2.45, 2.75) is 39.3 Å². The van der Waals surface area contributed by atoms with Gasteiger partial charge in [-0.25, -0.2) is 0 Å². The number of hydrogen-bond acceptors (Lipinski definition) is 2. The lowest BCUT2D eigenvalue weighted by Gasteiger charge is -2.33. The van der Waals surface area contributed by atoms with Crippen molar-refractivity contribution in [2.24, 2.45) is 11.8 Å². The van der Waals surface area contributed by atoms with Gasteiger partial charge in [0.05, 0.1) is 5.92 Å². The van der Waals surface area contributed by atoms with Crippen LogP contribution in [0, 0.1) is 11.8 Å². The molecule has 108 valence electrons. The van der Waals surface area contributed by atoms with Crippen LogP contribution in [0.25, 0.3) is 0 Å². The molecule has 0 bridgehead atoms. The molecule has 5 heteroatoms. The number of piperidine rings is 1. The Morgan fingerprint density at radius 3 is 2.67 bits per heavy atom. The zero-order valence-corrected chi connectivity index (χ0v) is 11.4. The number of nitrogens with one attached hydrogen (secondary N) is 1. The van der Waals surface area contributed by atoms with Crippen LogP contribution < -0.4 is 5.32 Å². The zero-order valence-electron chi connectivity index (χ0n) is 11.4. The van der Waals surface area contributed by atoms with Crippen molar-refractivity contribution < 1.29 is 13.2 Å². The lowest BCUT2D eigenvalue weighted by molar-refractivity contribution is -0.186. The van der Waals surface area contributed by atoms with Gasteiger partial charge < -0.3 is 10.2 Å². The molecule has 0 aromatic heterocycles. The van der Waals surface area contributed by atoms with Gasteiger partial charge in [-0.2, -0.15) is 13.2 Å². The molecule has 1 saturated heterocycles. The average molecular weight is 266 g/mol. The maximum absolute atomic E-state index is 12.6. The molecule has 18 heavy (non-hydrogen) atoms. The van der Waals surface area contributed by atoms with Crippen molar-refractivity contribution in [1.82, 2.24) is 10.2 Å². The van der Waals surface area contributed by atoms with Gasteiger partial charge in [0, 0.05) is 6.54 Å². The van der Waals surface area contributed by atoms with Crippen LogP contribution >= 0.6 is 0 Å². The van der Waals surface area contributed by atoms with Gasteiger partial charge in [-0.05, 0) is 51.4 Å². The van der Waals surface area contributed by atoms with E-state index in [0.29, 0.717) is 18.8 Å². The summed E-state index contributed by atoms with van der Waals surface area (Å²) in [5.41, 5.74) is 0. The molecule has 1 atom stereocenters. The van der Waals surface area contributed by atoms with Crippen molar-refractivity contribution >= 4 is 0 Å². The molecule has 1 N–H and O–H groups in total. The Labute approximate surface area is 108 Å². The zero-order chi connectivity index (χ0) is 13.6. The molecule has 0 saturated carbocycles. The van der Waals surface area contributed by atoms with E-state index in [1.54, 1.807) is 0 Å². The van der Waals surface area contributed by atoms with E-state index in [2.05, 4.69) is 19.2 Å². The summed E-state index contributed by atoms with van der Waals surface area (Å²) in [4.78, 5) is 1.96. The van der Waals surface area contributed by atoms with Crippen LogP contribution in [-0.4, -0.2) is 43.8 Å². The fourth-order valence-corrected chi connectivity index (χ4v) is 2.34. The Hall–Kier alpha value is -0.290. The molecular formula is C13H25F3N2. The molecule has 1 fully saturated rings. The largest absolute Gasteiger partial charge is 0.393 e. The van der Waals surface area contributed by atoms with Gasteiger partial charge in [0.2, 0.25) is 0 Å². The maximum Gasteiger partial charge on any atom is 0.393 e. The van der Waals surface area contributed by atoms with E-state index in [-0.39, 0.29) is 6.54 Å². The van der Waals surface area contributed by atoms with Crippen molar-refractivity contribution in [3.63, 3.8) is 0 Å². The van der Waals surface area contributed by atoms with Crippen molar-refractivity contribution in [3.8, 4) is 0 Å². The highest BCUT2D eigenvalue weighted by atomic mass is 19.4. The number of likely N-dealkylation sites (tertiary alicyclic amines) is 1. The second kappa shape index (κ2) is 7.34. The summed E-state index contributed by atoms with van der Waals surface area (Å²) in [5, 5.41) is 3.32. The molecule has 1 heterocycles. The topological polar surface area (TPSA) is 15.3 Å². The van der Waals surface area contributed by atoms with E-state index < -0.39 is 12.1 Å². The van der Waals surface area contributed by atoms with Crippen LogP contribution in [-0.2, 0) is 0 Å². The van der Waals surface area contributed by atoms with Gasteiger partial charge in [0.25, 0.3) is 0 Å². The van der Waals surface area contributed by atoms with E-state index in [4.69, 9.17) is 0 Å². The van der Waals surface area contributed by atoms with Crippen LogP contribution in [0.3, 0.4) is 0 Å². The summed E-state index contributed by atoms with van der Waals surface area (Å²) in [6.45, 7) is 7.94. The molecule has 0 radical (unpaired) electrons. The van der Waals surface area contributed by atoms with Crippen LogP contribution in [0.15, 0.2) is 0 Å². The number of nitrogens with zero attached hydrogens (tertiary/aromatic N) is 1. The monoisotopic (exact) mass is 266 g/mol. The summed E-state index contributed by atoms with van der Waals surface area (Å²) in [7, 11) is 0. The normalized spacial score (nSPS) is 22.7. The Kier molecular flexibility index (Phi) is 6.43. The first-order valence-corrected chi connectivity index (χ1v) is 6.89. The Morgan fingerprint density at radius 1 is 1.33 bits per heavy atom. The molecule has 0 aromatic carbocycles. The predicted molar refractivity (Wildman–Crippen MR) is 67.5 cm³/mol. The summed E-state index contributed by atoms with van der Waals surface area (Å²) in [5.74, 6) is -0.496. The molecule has 1 aliphatic heterocycles. The van der Waals surface area contributed by atoms with E-state index in [0.717, 1.165) is 32.6 Å². The fourth-order valence-electron chi connectivity index (χ4n) is 2.34. The van der Waals surface area contributed by atoms with Crippen LogP contribution in [0.1, 0.15) is 33.1 Å². The third-order valence-electron chi connectivity index (χ3n) is 3.35. The summed E-state index contributed by atoms with van der Waals surface area (Å²) >= 11 is 0. The van der Waals surface area contributed by atoms with Gasteiger partial charge in [-0.3, -0.25) is 0 Å². The van der Waals surface area contributed by atoms with Gasteiger partial charge in [-0.1, -0.05) is 13.8 Å². The van der Waals surface area contributed by atoms with Crippen LogP contribution in [0.2, 0.25) is 0 Å². The summed E-state index contributed by atoms with van der Waals surface area (Å²) in [6, 6.07) is 0. The molecule has 0 spiro atoms. The van der Waals surface area contributed by atoms with E-state index in [1.165, 1.54) is 0 Å². The van der Waals surface area contributed by atoms with Crippen molar-refractivity contribution in [2.75, 3.05) is 32.7 Å². The third kappa shape index (κ3) is 6.05. The quantitative estimate of drug-likeness (QED) is 0.744. The minimum atomic E-state index is -4.02. The lowest BCUT2D eigenvalue weighted by atomic mass is 9.97. The summed E-state index contributed by atoms with van der Waals surface area (Å²) < 4.78 is 37.8. The van der Waals surface area contributed by atoms with E-state index >= 15 is 0 Å². The molecule has 0 aromatic rings. The Balaban J connectivity index is 2.15. The molecule has 1 unspecified atom stereocenters. The average Bonchev–Trinajstić information content (AvgIpc) is 2.27. The number of rotatable bonds is 6. The van der Waals surface area contributed by atoms with Crippen molar-refractivity contribution in [1.29, 1.82) is 0 Å². The number of halogens is 3. The Bertz CT molecular complexity index is 229. The van der Waals surface area contributed by atoms with Crippen LogP contribution in [0.4, 0.5) is 13.2 Å². The van der Waals surface area contributed by atoms with E-state index in [9.17, 15) is 13.2 Å². The number of alkyl halides is 3. The van der Waals surface area contributed by atoms with Gasteiger partial charge in [-0.15, -0.1) is 0 Å². The van der Waals surface area contributed by atoms with Gasteiger partial charge >= 0.3 is 6.18 Å². The van der Waals surface area contributed by atoms with Gasteiger partial charge in [0.15, 0.2) is 0 Å². The highest BCUT2D eigenvalue weighted by Gasteiger charge is 2.41. The molecule has 1 aliphatic rings. The number of hydrogen-bond donors (Lipinski definition) is 1. The minimum Gasteiger partial charge on any atom is -0.316 e. The SMILES string of the molecule is CC(C)CNCCCN1CCCC(C(F)(F)F)C1. The van der Waals surface area contributed by atoms with Crippen molar-refractivity contribution in [3.05, 3.63) is 0 Å². The molecular weight excluding hydrogens is 241 g/mol. The standard InChI is InChI=1S/C13H25F3N2/c1-11(2)9-17-6-4-8-18-7-3-5-12(10-18)13(14,15)16/h11-12,17H,3-10H2,1-2H3. The molecule has 1 rings (SSSR count). The second-order valence-electron chi connectivity index (χ2n) is 5.63. The minimum absolute atomic E-state index is 0.188. The van der Waals surface area contributed by atoms with Crippen LogP contribution in [0.5, 0.6) is 0 Å². The van der Waals surface area contributed by atoms with Gasteiger partial charge in [0.1, 0.15) is 0 Å².